The summed E-state index contributed by atoms with van der Waals surface area (Å²) in [5.41, 5.74) is 0. The average molecular weight is 357 g/mol. The molecule has 0 radical (unpaired) electrons. The summed E-state index contributed by atoms with van der Waals surface area (Å²) < 4.78 is 69.9. The topological polar surface area (TPSA) is 42.0 Å². The summed E-state index contributed by atoms with van der Waals surface area (Å²) in [5.74, 6) is -2.29. The second-order valence-corrected chi connectivity index (χ2v) is 5.03. The number of nitrogens with zero attached hydrogens (tertiary/aromatic N) is 1. The minimum atomic E-state index is -5.84. The molecule has 1 heterocycles. The van der Waals surface area contributed by atoms with Crippen LogP contribution in [0.15, 0.2) is 11.6 Å². The Hall–Kier alpha value is -0.840. The molecule has 0 aliphatic heterocycles. The van der Waals surface area contributed by atoms with E-state index in [4.69, 9.17) is 0 Å². The molecule has 0 aliphatic carbocycles. The molecule has 0 saturated heterocycles. The van der Waals surface area contributed by atoms with E-state index in [9.17, 15) is 31.1 Å². The predicted octanol–water partition coefficient (Wildman–Crippen LogP) is 3.34. The first-order chi connectivity index (χ1) is 8.00. The number of hydrogen-bond acceptors (Lipinski definition) is 3. The number of anilines is 1. The van der Waals surface area contributed by atoms with Gasteiger partial charge in [-0.1, -0.05) is 15.9 Å². The highest BCUT2D eigenvalue weighted by Crippen LogP contribution is 2.50. The maximum Gasteiger partial charge on any atom is 0.421 e. The van der Waals surface area contributed by atoms with Gasteiger partial charge in [0.1, 0.15) is 0 Å². The fourth-order valence-corrected chi connectivity index (χ4v) is 1.51. The lowest BCUT2D eigenvalue weighted by atomic mass is 10.1. The first-order valence-corrected chi connectivity index (χ1v) is 5.70. The van der Waals surface area contributed by atoms with Crippen LogP contribution in [0.3, 0.4) is 0 Å². The second-order valence-electron chi connectivity index (χ2n) is 2.95. The zero-order valence-electron chi connectivity index (χ0n) is 8.06. The largest absolute Gasteiger partial charge is 0.421 e. The number of thiazole rings is 1. The molecule has 3 nitrogen and oxygen atoms in total. The van der Waals surface area contributed by atoms with Crippen LogP contribution >= 0.6 is 27.3 Å². The molecule has 0 aliphatic rings. The highest BCUT2D eigenvalue weighted by molar-refractivity contribution is 9.10. The highest BCUT2D eigenvalue weighted by atomic mass is 79.9. The van der Waals surface area contributed by atoms with Gasteiger partial charge in [0.15, 0.2) is 5.13 Å². The molecule has 0 saturated carbocycles. The van der Waals surface area contributed by atoms with Gasteiger partial charge in [0.25, 0.3) is 10.2 Å². The van der Waals surface area contributed by atoms with E-state index in [1.54, 1.807) is 0 Å². The quantitative estimate of drug-likeness (QED) is 0.652. The molecule has 0 atom stereocenters. The summed E-state index contributed by atoms with van der Waals surface area (Å²) in [6.45, 7) is 0. The summed E-state index contributed by atoms with van der Waals surface area (Å²) in [4.78, 5) is 14.6. The predicted molar refractivity (Wildman–Crippen MR) is 54.5 cm³/mol. The zero-order valence-corrected chi connectivity index (χ0v) is 10.5. The van der Waals surface area contributed by atoms with Crippen molar-refractivity contribution >= 4 is 38.3 Å². The van der Waals surface area contributed by atoms with E-state index in [-0.39, 0.29) is 5.13 Å². The fraction of sp³-hybridized carbons (Fsp3) is 0.429. The summed E-state index contributed by atoms with van der Waals surface area (Å²) in [6.07, 6.45) is -10.6. The molecule has 18 heavy (non-hydrogen) atoms. The molecular formula is C7H3BrF6N2OS. The lowest BCUT2D eigenvalue weighted by Gasteiger charge is -2.30. The smallest absolute Gasteiger partial charge is 0.300 e. The van der Waals surface area contributed by atoms with E-state index < -0.39 is 22.6 Å². The lowest BCUT2D eigenvalue weighted by Crippen LogP contribution is -2.59. The standard InChI is InChI=1S/C7H3BrF6N2OS/c8-5(6(9,10)11,7(12,13)14)3(17)16-4-15-1-2-18-4/h1-2H,(H,15,16,17). The molecule has 102 valence electrons. The molecule has 0 unspecified atom stereocenters. The van der Waals surface area contributed by atoms with Crippen molar-refractivity contribution in [1.82, 2.24) is 4.98 Å². The van der Waals surface area contributed by atoms with Crippen LogP contribution in [0.2, 0.25) is 0 Å². The number of nitrogens with one attached hydrogen (secondary N) is 1. The molecule has 1 aromatic rings. The zero-order chi connectivity index (χ0) is 14.2. The van der Waals surface area contributed by atoms with Crippen molar-refractivity contribution in [3.8, 4) is 0 Å². The molecule has 11 heteroatoms. The average Bonchev–Trinajstić information content (AvgIpc) is 2.65. The summed E-state index contributed by atoms with van der Waals surface area (Å²) in [6, 6.07) is 0. The number of carbonyl (C=O) groups is 1. The van der Waals surface area contributed by atoms with Crippen molar-refractivity contribution < 1.29 is 31.1 Å². The molecule has 1 amide bonds. The van der Waals surface area contributed by atoms with Crippen molar-refractivity contribution in [3.63, 3.8) is 0 Å². The van der Waals surface area contributed by atoms with E-state index in [0.717, 1.165) is 6.20 Å². The van der Waals surface area contributed by atoms with Crippen molar-refractivity contribution in [2.24, 2.45) is 0 Å². The number of halogens is 7. The van der Waals surface area contributed by atoms with Crippen LogP contribution in [0.5, 0.6) is 0 Å². The van der Waals surface area contributed by atoms with E-state index >= 15 is 0 Å². The van der Waals surface area contributed by atoms with Gasteiger partial charge in [-0.2, -0.15) is 26.3 Å². The molecule has 1 aromatic heterocycles. The first kappa shape index (κ1) is 15.2. The Kier molecular flexibility index (Phi) is 3.96. The molecule has 0 spiro atoms. The van der Waals surface area contributed by atoms with Crippen molar-refractivity contribution in [2.45, 2.75) is 16.7 Å². The molecule has 0 bridgehead atoms. The van der Waals surface area contributed by atoms with Crippen LogP contribution < -0.4 is 5.32 Å². The van der Waals surface area contributed by atoms with Gasteiger partial charge in [-0.25, -0.2) is 4.98 Å². The van der Waals surface area contributed by atoms with Gasteiger partial charge in [-0.05, 0) is 0 Å². The minimum absolute atomic E-state index is 0.364. The monoisotopic (exact) mass is 356 g/mol. The van der Waals surface area contributed by atoms with E-state index in [2.05, 4.69) is 4.98 Å². The third-order valence-corrected chi connectivity index (χ3v) is 3.69. The maximum atomic E-state index is 12.4. The molecular weight excluding hydrogens is 354 g/mol. The maximum absolute atomic E-state index is 12.4. The Morgan fingerprint density at radius 2 is 1.72 bits per heavy atom. The van der Waals surface area contributed by atoms with Crippen molar-refractivity contribution in [3.05, 3.63) is 11.6 Å². The van der Waals surface area contributed by atoms with Gasteiger partial charge in [-0.3, -0.25) is 4.79 Å². The Balaban J connectivity index is 3.09. The normalized spacial score (nSPS) is 13.5. The molecule has 0 fully saturated rings. The number of carbonyl (C=O) groups excluding carboxylic acids is 1. The first-order valence-electron chi connectivity index (χ1n) is 4.03. The van der Waals surface area contributed by atoms with Crippen LogP contribution in [-0.4, -0.2) is 27.6 Å². The molecule has 1 N–H and O–H groups in total. The Morgan fingerprint density at radius 1 is 1.22 bits per heavy atom. The molecule has 1 rings (SSSR count). The van der Waals surface area contributed by atoms with E-state index in [1.165, 1.54) is 26.6 Å². The SMILES string of the molecule is O=C(Nc1nccs1)C(Br)(C(F)(F)F)C(F)(F)F. The van der Waals surface area contributed by atoms with Crippen molar-refractivity contribution in [1.29, 1.82) is 0 Å². The minimum Gasteiger partial charge on any atom is -0.300 e. The Bertz CT molecular complexity index is 414. The second kappa shape index (κ2) is 4.68. The van der Waals surface area contributed by atoms with Gasteiger partial charge < -0.3 is 5.32 Å². The van der Waals surface area contributed by atoms with Crippen LogP contribution in [0, 0.1) is 0 Å². The number of amides is 1. The molecule has 0 aromatic carbocycles. The fourth-order valence-electron chi connectivity index (χ4n) is 0.887. The van der Waals surface area contributed by atoms with Crippen LogP contribution in [-0.2, 0) is 4.79 Å². The van der Waals surface area contributed by atoms with Gasteiger partial charge in [-0.15, -0.1) is 11.3 Å². The lowest BCUT2D eigenvalue weighted by molar-refractivity contribution is -0.253. The van der Waals surface area contributed by atoms with Gasteiger partial charge in [0, 0.05) is 11.6 Å². The van der Waals surface area contributed by atoms with Crippen molar-refractivity contribution in [2.75, 3.05) is 5.32 Å². The van der Waals surface area contributed by atoms with Crippen LogP contribution in [0.1, 0.15) is 0 Å². The number of hydrogen-bond donors (Lipinski definition) is 1. The highest BCUT2D eigenvalue weighted by Gasteiger charge is 2.74. The summed E-state index contributed by atoms with van der Waals surface area (Å²) in [5, 5.41) is 2.38. The van der Waals surface area contributed by atoms with Gasteiger partial charge >= 0.3 is 12.4 Å². The van der Waals surface area contributed by atoms with Gasteiger partial charge in [0.05, 0.1) is 0 Å². The number of alkyl halides is 7. The Labute approximate surface area is 108 Å². The summed E-state index contributed by atoms with van der Waals surface area (Å²) in [7, 11) is 0. The van der Waals surface area contributed by atoms with Crippen LogP contribution in [0.25, 0.3) is 0 Å². The van der Waals surface area contributed by atoms with Gasteiger partial charge in [0.2, 0.25) is 0 Å². The van der Waals surface area contributed by atoms with E-state index in [1.807, 2.05) is 0 Å². The number of rotatable bonds is 2. The third-order valence-electron chi connectivity index (χ3n) is 1.75. The Morgan fingerprint density at radius 3 is 2.06 bits per heavy atom. The third kappa shape index (κ3) is 2.60. The van der Waals surface area contributed by atoms with Crippen LogP contribution in [0.4, 0.5) is 31.5 Å². The number of aromatic nitrogens is 1. The van der Waals surface area contributed by atoms with E-state index in [0.29, 0.717) is 11.3 Å². The summed E-state index contributed by atoms with van der Waals surface area (Å²) >= 11 is 2.14.